The van der Waals surface area contributed by atoms with E-state index in [0.29, 0.717) is 17.7 Å². The predicted octanol–water partition coefficient (Wildman–Crippen LogP) is 5.20. The van der Waals surface area contributed by atoms with Crippen molar-refractivity contribution in [1.29, 1.82) is 0 Å². The van der Waals surface area contributed by atoms with Gasteiger partial charge in [0, 0.05) is 0 Å². The lowest BCUT2D eigenvalue weighted by Gasteiger charge is -2.27. The van der Waals surface area contributed by atoms with Crippen LogP contribution in [-0.2, 0) is 18.9 Å². The molecule has 2 aromatic rings. The van der Waals surface area contributed by atoms with Gasteiger partial charge >= 0.3 is 0 Å². The number of aromatic nitrogens is 1. The van der Waals surface area contributed by atoms with Gasteiger partial charge in [-0.3, -0.25) is 0 Å². The van der Waals surface area contributed by atoms with E-state index in [-0.39, 0.29) is 18.3 Å². The van der Waals surface area contributed by atoms with Crippen LogP contribution in [0.15, 0.2) is 48.3 Å². The molecule has 3 fully saturated rings. The lowest BCUT2D eigenvalue weighted by atomic mass is 9.94. The summed E-state index contributed by atoms with van der Waals surface area (Å²) in [5, 5.41) is 0.632. The lowest BCUT2D eigenvalue weighted by Crippen LogP contribution is -2.39. The molecule has 2 aliphatic heterocycles. The molecule has 1 aromatic heterocycles. The van der Waals surface area contributed by atoms with Gasteiger partial charge in [0.25, 0.3) is 5.19 Å². The minimum absolute atomic E-state index is 0.299. The van der Waals surface area contributed by atoms with Crippen LogP contribution in [0.1, 0.15) is 39.5 Å². The van der Waals surface area contributed by atoms with Crippen molar-refractivity contribution >= 4 is 21.6 Å². The summed E-state index contributed by atoms with van der Waals surface area (Å²) in [6.07, 6.45) is 10.3. The zero-order valence-electron chi connectivity index (χ0n) is 18.4. The Morgan fingerprint density at radius 3 is 2.84 bits per heavy atom. The zero-order chi connectivity index (χ0) is 21.7. The number of hydrogen-bond acceptors (Lipinski definition) is 7. The molecule has 0 N–H and O–H groups in total. The first kappa shape index (κ1) is 20.7. The Labute approximate surface area is 192 Å². The minimum Gasteiger partial charge on any atom is -0.485 e. The maximum Gasteiger partial charge on any atom is 0.274 e. The molecule has 1 unspecified atom stereocenters. The Bertz CT molecular complexity index is 1010. The van der Waals surface area contributed by atoms with Gasteiger partial charge in [-0.05, 0) is 62.8 Å². The zero-order valence-corrected chi connectivity index (χ0v) is 19.3. The van der Waals surface area contributed by atoms with Crippen LogP contribution >= 0.6 is 11.3 Å². The van der Waals surface area contributed by atoms with Crippen molar-refractivity contribution in [3.63, 3.8) is 0 Å². The fraction of sp³-hybridized carbons (Fsp3) is 0.560. The van der Waals surface area contributed by atoms with Gasteiger partial charge in [-0.1, -0.05) is 42.4 Å². The maximum absolute atomic E-state index is 6.44. The quantitative estimate of drug-likeness (QED) is 0.572. The fourth-order valence-corrected chi connectivity index (χ4v) is 5.56. The first-order valence-electron chi connectivity index (χ1n) is 11.6. The summed E-state index contributed by atoms with van der Waals surface area (Å²) >= 11 is 1.53. The Morgan fingerprint density at radius 2 is 2.06 bits per heavy atom. The monoisotopic (exact) mass is 455 g/mol. The average Bonchev–Trinajstić information content (AvgIpc) is 3.29. The van der Waals surface area contributed by atoms with Crippen LogP contribution in [0.3, 0.4) is 0 Å². The third-order valence-electron chi connectivity index (χ3n) is 6.49. The topological polar surface area (TPSA) is 59.0 Å². The van der Waals surface area contributed by atoms with Gasteiger partial charge in [0.05, 0.1) is 10.2 Å². The number of fused-ring (bicyclic) bond motifs is 2. The molecule has 5 atom stereocenters. The SMILES string of the molecule is CC1(C)O[C@H]2O[C@H](COc3nc4ccccc4s3)[C@H](OC3=CCC(CC4CC4)C=C3)[C@H]2O1. The second-order valence-electron chi connectivity index (χ2n) is 9.62. The van der Waals surface area contributed by atoms with Gasteiger partial charge < -0.3 is 23.7 Å². The van der Waals surface area contributed by atoms with Crippen LogP contribution in [0, 0.1) is 11.8 Å². The molecule has 1 saturated carbocycles. The van der Waals surface area contributed by atoms with E-state index >= 15 is 0 Å². The van der Waals surface area contributed by atoms with E-state index in [9.17, 15) is 0 Å². The highest BCUT2D eigenvalue weighted by Gasteiger charge is 2.56. The number of nitrogens with zero attached hydrogens (tertiary/aromatic N) is 1. The highest BCUT2D eigenvalue weighted by Crippen LogP contribution is 2.41. The highest BCUT2D eigenvalue weighted by molar-refractivity contribution is 7.20. The third kappa shape index (κ3) is 4.31. The van der Waals surface area contributed by atoms with Gasteiger partial charge in [-0.2, -0.15) is 0 Å². The van der Waals surface area contributed by atoms with Gasteiger partial charge in [0.1, 0.15) is 18.5 Å². The summed E-state index contributed by atoms with van der Waals surface area (Å²) in [7, 11) is 0. The molecule has 3 heterocycles. The Morgan fingerprint density at radius 1 is 1.19 bits per heavy atom. The molecular weight excluding hydrogens is 426 g/mol. The molecule has 6 nitrogen and oxygen atoms in total. The summed E-state index contributed by atoms with van der Waals surface area (Å²) in [6, 6.07) is 8.02. The van der Waals surface area contributed by atoms with Gasteiger partial charge in [0.2, 0.25) is 0 Å². The summed E-state index contributed by atoms with van der Waals surface area (Å²) in [5.41, 5.74) is 0.941. The van der Waals surface area contributed by atoms with Crippen molar-refractivity contribution in [3.8, 4) is 5.19 Å². The minimum atomic E-state index is -0.693. The summed E-state index contributed by atoms with van der Waals surface area (Å²) in [6.45, 7) is 4.13. The molecule has 1 aromatic carbocycles. The molecule has 7 heteroatoms. The molecule has 2 saturated heterocycles. The van der Waals surface area contributed by atoms with Crippen molar-refractivity contribution in [1.82, 2.24) is 4.98 Å². The number of thiazole rings is 1. The first-order chi connectivity index (χ1) is 15.5. The van der Waals surface area contributed by atoms with E-state index in [4.69, 9.17) is 23.7 Å². The normalized spacial score (nSPS) is 33.3. The van der Waals surface area contributed by atoms with Crippen molar-refractivity contribution in [2.75, 3.05) is 6.61 Å². The smallest absolute Gasteiger partial charge is 0.274 e. The summed E-state index contributed by atoms with van der Waals surface area (Å²) < 4.78 is 31.9. The van der Waals surface area contributed by atoms with Crippen LogP contribution in [0.5, 0.6) is 5.19 Å². The van der Waals surface area contributed by atoms with Crippen LogP contribution in [0.2, 0.25) is 0 Å². The molecular formula is C25H29NO5S. The van der Waals surface area contributed by atoms with Gasteiger partial charge in [-0.25, -0.2) is 4.98 Å². The van der Waals surface area contributed by atoms with E-state index in [1.807, 2.05) is 38.1 Å². The highest BCUT2D eigenvalue weighted by atomic mass is 32.1. The van der Waals surface area contributed by atoms with Crippen LogP contribution < -0.4 is 4.74 Å². The predicted molar refractivity (Wildman–Crippen MR) is 121 cm³/mol. The number of allylic oxidation sites excluding steroid dienone is 3. The average molecular weight is 456 g/mol. The number of benzene rings is 1. The van der Waals surface area contributed by atoms with E-state index < -0.39 is 12.1 Å². The Balaban J connectivity index is 1.14. The molecule has 32 heavy (non-hydrogen) atoms. The number of hydrogen-bond donors (Lipinski definition) is 0. The Hall–Kier alpha value is -1.93. The molecule has 170 valence electrons. The summed E-state index contributed by atoms with van der Waals surface area (Å²) in [4.78, 5) is 4.56. The molecule has 0 spiro atoms. The second kappa shape index (κ2) is 8.13. The molecule has 0 bridgehead atoms. The van der Waals surface area contributed by atoms with E-state index in [0.717, 1.165) is 28.3 Å². The lowest BCUT2D eigenvalue weighted by molar-refractivity contribution is -0.218. The molecule has 4 aliphatic rings. The molecule has 0 radical (unpaired) electrons. The molecule has 0 amide bonds. The van der Waals surface area contributed by atoms with Crippen LogP contribution in [0.25, 0.3) is 10.2 Å². The van der Waals surface area contributed by atoms with Crippen molar-refractivity contribution in [2.24, 2.45) is 11.8 Å². The molecule has 6 rings (SSSR count). The van der Waals surface area contributed by atoms with E-state index in [1.54, 1.807) is 0 Å². The van der Waals surface area contributed by atoms with E-state index in [1.165, 1.54) is 30.6 Å². The van der Waals surface area contributed by atoms with Crippen molar-refractivity contribution < 1.29 is 23.7 Å². The second-order valence-corrected chi connectivity index (χ2v) is 10.6. The van der Waals surface area contributed by atoms with Gasteiger partial charge in [0.15, 0.2) is 24.3 Å². The van der Waals surface area contributed by atoms with Gasteiger partial charge in [-0.15, -0.1) is 0 Å². The largest absolute Gasteiger partial charge is 0.485 e. The van der Waals surface area contributed by atoms with Crippen LogP contribution in [-0.4, -0.2) is 42.0 Å². The standard InChI is InChI=1S/C25H29NO5S/c1-25(2)30-22-21(28-17-11-9-16(10-12-17)13-15-7-8-15)19(29-23(22)31-25)14-27-24-26-18-5-3-4-6-20(18)32-24/h3-6,9,11-12,15-16,19,21-23H,7-8,10,13-14H2,1-2H3/t16?,19-,21+,22-,23-/m1/s1. The van der Waals surface area contributed by atoms with Crippen molar-refractivity contribution in [3.05, 3.63) is 48.3 Å². The Kier molecular flexibility index (Phi) is 5.25. The maximum atomic E-state index is 6.44. The fourth-order valence-electron chi connectivity index (χ4n) is 4.74. The summed E-state index contributed by atoms with van der Waals surface area (Å²) in [5.74, 6) is 1.75. The number of para-hydroxylation sites is 1. The van der Waals surface area contributed by atoms with Crippen LogP contribution in [0.4, 0.5) is 0 Å². The number of rotatable bonds is 7. The number of ether oxygens (including phenoxy) is 5. The molecule has 2 aliphatic carbocycles. The van der Waals surface area contributed by atoms with E-state index in [2.05, 4.69) is 23.2 Å². The third-order valence-corrected chi connectivity index (χ3v) is 7.44. The first-order valence-corrected chi connectivity index (χ1v) is 12.4. The van der Waals surface area contributed by atoms with Crippen molar-refractivity contribution in [2.45, 2.75) is 69.9 Å².